The van der Waals surface area contributed by atoms with Gasteiger partial charge in [-0.2, -0.15) is 0 Å². The monoisotopic (exact) mass is 490 g/mol. The molecule has 5 nitrogen and oxygen atoms in total. The third kappa shape index (κ3) is 2.87. The van der Waals surface area contributed by atoms with E-state index in [1.165, 1.54) is 0 Å². The summed E-state index contributed by atoms with van der Waals surface area (Å²) < 4.78 is 0. The lowest BCUT2D eigenvalue weighted by atomic mass is 9.55. The molecule has 1 amide bonds. The molecule has 36 heavy (non-hydrogen) atoms. The zero-order valence-corrected chi connectivity index (χ0v) is 20.1. The number of benzene rings is 4. The van der Waals surface area contributed by atoms with E-state index in [1.54, 1.807) is 6.20 Å². The maximum Gasteiger partial charge on any atom is 0.247 e. The summed E-state index contributed by atoms with van der Waals surface area (Å²) in [4.78, 5) is 20.8. The fourth-order valence-electron chi connectivity index (χ4n) is 6.19. The Kier molecular flexibility index (Phi) is 4.47. The normalized spacial score (nSPS) is 23.8. The molecule has 1 atom stereocenters. The summed E-state index contributed by atoms with van der Waals surface area (Å²) in [5, 5.41) is 5.20. The average Bonchev–Trinajstić information content (AvgIpc) is 3.37. The lowest BCUT2D eigenvalue weighted by Crippen LogP contribution is -2.64. The van der Waals surface area contributed by atoms with Crippen molar-refractivity contribution >= 4 is 34.2 Å². The highest BCUT2D eigenvalue weighted by molar-refractivity contribution is 6.27. The van der Waals surface area contributed by atoms with Crippen molar-refractivity contribution in [1.29, 1.82) is 0 Å². The van der Waals surface area contributed by atoms with E-state index >= 15 is 0 Å². The van der Waals surface area contributed by atoms with Crippen molar-refractivity contribution in [3.63, 3.8) is 0 Å². The van der Waals surface area contributed by atoms with Gasteiger partial charge in [0, 0.05) is 24.1 Å². The van der Waals surface area contributed by atoms with Crippen LogP contribution in [0.15, 0.2) is 97.2 Å². The second-order valence-electron chi connectivity index (χ2n) is 9.74. The van der Waals surface area contributed by atoms with Gasteiger partial charge in [0.15, 0.2) is 0 Å². The number of nitrogens with two attached hydrogens (primary N) is 1. The molecular formula is C30H23ClN4O. The SMILES string of the molecule is NC1(C(=O)Nc2nc(-c3cccc4ccccc34)c[nH]2)CC2(Cl)c3ccccc3C1c1ccccc12. The van der Waals surface area contributed by atoms with Crippen LogP contribution in [0, 0.1) is 0 Å². The molecule has 0 spiro atoms. The number of anilines is 1. The van der Waals surface area contributed by atoms with Crippen LogP contribution in [0.3, 0.4) is 0 Å². The lowest BCUT2D eigenvalue weighted by molar-refractivity contribution is -0.122. The molecule has 0 radical (unpaired) electrons. The smallest absolute Gasteiger partial charge is 0.247 e. The Hall–Kier alpha value is -3.93. The number of aromatic amines is 1. The van der Waals surface area contributed by atoms with Crippen LogP contribution in [0.25, 0.3) is 22.0 Å². The molecule has 1 unspecified atom stereocenters. The first-order valence-electron chi connectivity index (χ1n) is 12.0. The first-order chi connectivity index (χ1) is 17.5. The molecule has 0 aliphatic heterocycles. The van der Waals surface area contributed by atoms with Gasteiger partial charge in [0.1, 0.15) is 5.54 Å². The van der Waals surface area contributed by atoms with Crippen molar-refractivity contribution in [3.8, 4) is 11.3 Å². The molecule has 0 saturated carbocycles. The number of fused-ring (bicyclic) bond motifs is 2. The van der Waals surface area contributed by atoms with Crippen LogP contribution in [0.2, 0.25) is 0 Å². The minimum atomic E-state index is -1.24. The number of nitrogens with one attached hydrogen (secondary N) is 2. The third-order valence-corrected chi connectivity index (χ3v) is 8.29. The number of imidazole rings is 1. The highest BCUT2D eigenvalue weighted by Crippen LogP contribution is 2.61. The van der Waals surface area contributed by atoms with Crippen molar-refractivity contribution in [2.45, 2.75) is 22.8 Å². The molecule has 3 aliphatic carbocycles. The van der Waals surface area contributed by atoms with E-state index in [2.05, 4.69) is 33.5 Å². The maximum absolute atomic E-state index is 13.8. The molecule has 176 valence electrons. The van der Waals surface area contributed by atoms with Crippen LogP contribution >= 0.6 is 11.6 Å². The van der Waals surface area contributed by atoms with E-state index in [0.717, 1.165) is 44.3 Å². The number of alkyl halides is 1. The topological polar surface area (TPSA) is 83.8 Å². The van der Waals surface area contributed by atoms with E-state index in [-0.39, 0.29) is 11.8 Å². The summed E-state index contributed by atoms with van der Waals surface area (Å²) in [5.41, 5.74) is 11.6. The van der Waals surface area contributed by atoms with Crippen LogP contribution in [0.5, 0.6) is 0 Å². The number of hydrogen-bond donors (Lipinski definition) is 3. The summed E-state index contributed by atoms with van der Waals surface area (Å²) in [7, 11) is 0. The molecule has 4 aromatic carbocycles. The summed E-state index contributed by atoms with van der Waals surface area (Å²) in [6, 6.07) is 30.4. The highest BCUT2D eigenvalue weighted by atomic mass is 35.5. The van der Waals surface area contributed by atoms with E-state index in [4.69, 9.17) is 17.3 Å². The minimum Gasteiger partial charge on any atom is -0.330 e. The van der Waals surface area contributed by atoms with Gasteiger partial charge in [-0.05, 0) is 33.0 Å². The first kappa shape index (κ1) is 21.4. The zero-order valence-electron chi connectivity index (χ0n) is 19.3. The summed E-state index contributed by atoms with van der Waals surface area (Å²) in [5.74, 6) is -0.252. The number of rotatable bonds is 3. The maximum atomic E-state index is 13.8. The van der Waals surface area contributed by atoms with Gasteiger partial charge in [-0.25, -0.2) is 4.98 Å². The predicted molar refractivity (Wildman–Crippen MR) is 143 cm³/mol. The van der Waals surface area contributed by atoms with Crippen molar-refractivity contribution < 1.29 is 4.79 Å². The molecule has 5 aromatic rings. The number of carbonyl (C=O) groups excluding carboxylic acids is 1. The van der Waals surface area contributed by atoms with Crippen LogP contribution in [-0.4, -0.2) is 21.4 Å². The molecular weight excluding hydrogens is 468 g/mol. The third-order valence-electron chi connectivity index (χ3n) is 7.75. The molecule has 2 bridgehead atoms. The number of amides is 1. The quantitative estimate of drug-likeness (QED) is 0.275. The molecule has 1 heterocycles. The van der Waals surface area contributed by atoms with Crippen LogP contribution in [-0.2, 0) is 9.67 Å². The molecule has 0 saturated heterocycles. The Morgan fingerprint density at radius 3 is 2.31 bits per heavy atom. The van der Waals surface area contributed by atoms with E-state index in [9.17, 15) is 4.79 Å². The highest BCUT2D eigenvalue weighted by Gasteiger charge is 2.60. The summed E-state index contributed by atoms with van der Waals surface area (Å²) >= 11 is 7.35. The van der Waals surface area contributed by atoms with Crippen molar-refractivity contribution in [3.05, 3.63) is 119 Å². The van der Waals surface area contributed by atoms with Crippen LogP contribution in [0.4, 0.5) is 5.95 Å². The average molecular weight is 491 g/mol. The number of halogens is 1. The summed E-state index contributed by atoms with van der Waals surface area (Å²) in [6.45, 7) is 0. The van der Waals surface area contributed by atoms with E-state index in [0.29, 0.717) is 12.4 Å². The lowest BCUT2D eigenvalue weighted by Gasteiger charge is -2.54. The fourth-order valence-corrected chi connectivity index (χ4v) is 6.76. The molecule has 6 heteroatoms. The molecule has 3 aliphatic rings. The van der Waals surface area contributed by atoms with Gasteiger partial charge in [-0.1, -0.05) is 91.0 Å². The van der Waals surface area contributed by atoms with Crippen molar-refractivity contribution in [2.24, 2.45) is 5.73 Å². The second kappa shape index (κ2) is 7.53. The fraction of sp³-hybridized carbons (Fsp3) is 0.133. The van der Waals surface area contributed by atoms with E-state index < -0.39 is 10.4 Å². The van der Waals surface area contributed by atoms with Crippen LogP contribution < -0.4 is 11.1 Å². The number of hydrogen-bond acceptors (Lipinski definition) is 3. The Morgan fingerprint density at radius 1 is 0.917 bits per heavy atom. The van der Waals surface area contributed by atoms with Gasteiger partial charge in [0.05, 0.1) is 10.6 Å². The standard InChI is InChI=1S/C30H23ClN4O/c31-29-17-30(32,26(21-11-3-5-14-23(21)29)22-12-4-6-15-24(22)29)27(36)35-28-33-16-25(34-28)20-13-7-9-18-8-1-2-10-19(18)20/h1-16,26H,17,32H2,(H2,33,34,35,36). The zero-order chi connectivity index (χ0) is 24.5. The predicted octanol–water partition coefficient (Wildman–Crippen LogP) is 5.90. The van der Waals surface area contributed by atoms with Gasteiger partial charge in [0.2, 0.25) is 11.9 Å². The van der Waals surface area contributed by atoms with E-state index in [1.807, 2.05) is 72.8 Å². The molecule has 4 N–H and O–H groups in total. The number of H-pyrrole nitrogens is 1. The van der Waals surface area contributed by atoms with Crippen molar-refractivity contribution in [1.82, 2.24) is 9.97 Å². The number of nitrogens with zero attached hydrogens (tertiary/aromatic N) is 1. The van der Waals surface area contributed by atoms with Gasteiger partial charge in [-0.3, -0.25) is 10.1 Å². The van der Waals surface area contributed by atoms with Crippen LogP contribution in [0.1, 0.15) is 34.6 Å². The van der Waals surface area contributed by atoms with Crippen molar-refractivity contribution in [2.75, 3.05) is 5.32 Å². The minimum absolute atomic E-state index is 0.295. The largest absolute Gasteiger partial charge is 0.330 e. The Labute approximate surface area is 213 Å². The van der Waals surface area contributed by atoms with Gasteiger partial charge >= 0.3 is 0 Å². The number of carbonyl (C=O) groups is 1. The second-order valence-corrected chi connectivity index (χ2v) is 10.4. The van der Waals surface area contributed by atoms with Gasteiger partial charge < -0.3 is 10.7 Å². The molecule has 0 fully saturated rings. The summed E-state index contributed by atoms with van der Waals surface area (Å²) in [6.07, 6.45) is 2.10. The molecule has 1 aromatic heterocycles. The molecule has 8 rings (SSSR count). The number of aromatic nitrogens is 2. The Bertz CT molecular complexity index is 1620. The van der Waals surface area contributed by atoms with Gasteiger partial charge in [0.25, 0.3) is 0 Å². The first-order valence-corrected chi connectivity index (χ1v) is 12.4. The Balaban J connectivity index is 1.26. The Morgan fingerprint density at radius 2 is 1.56 bits per heavy atom. The van der Waals surface area contributed by atoms with Gasteiger partial charge in [-0.15, -0.1) is 11.6 Å².